The zero-order valence-corrected chi connectivity index (χ0v) is 19.2. The molecule has 1 aromatic carbocycles. The van der Waals surface area contributed by atoms with Crippen LogP contribution in [0.15, 0.2) is 24.5 Å². The van der Waals surface area contributed by atoms with Gasteiger partial charge in [-0.25, -0.2) is 9.18 Å². The molecule has 1 amide bonds. The Kier molecular flexibility index (Phi) is 5.85. The molecule has 3 heterocycles. The molecule has 0 unspecified atom stereocenters. The van der Waals surface area contributed by atoms with Crippen LogP contribution in [0.3, 0.4) is 0 Å². The summed E-state index contributed by atoms with van der Waals surface area (Å²) in [6.07, 6.45) is 3.36. The second-order valence-corrected chi connectivity index (χ2v) is 9.16. The van der Waals surface area contributed by atoms with Crippen LogP contribution in [-0.2, 0) is 22.6 Å². The van der Waals surface area contributed by atoms with Gasteiger partial charge >= 0.3 is 6.09 Å². The average molecular weight is 444 g/mol. The Morgan fingerprint density at radius 2 is 1.94 bits per heavy atom. The molecule has 0 atom stereocenters. The lowest BCUT2D eigenvalue weighted by Crippen LogP contribution is -2.42. The first-order valence-corrected chi connectivity index (χ1v) is 10.7. The third kappa shape index (κ3) is 4.43. The highest BCUT2D eigenvalue weighted by atomic mass is 19.1. The summed E-state index contributed by atoms with van der Waals surface area (Å²) < 4.78 is 27.5. The van der Waals surface area contributed by atoms with E-state index in [2.05, 4.69) is 5.32 Å². The normalized spacial score (nSPS) is 16.4. The molecule has 32 heavy (non-hydrogen) atoms. The van der Waals surface area contributed by atoms with Gasteiger partial charge in [-0.15, -0.1) is 0 Å². The first kappa shape index (κ1) is 22.1. The molecule has 0 spiro atoms. The number of hydrogen-bond acceptors (Lipinski definition) is 6. The summed E-state index contributed by atoms with van der Waals surface area (Å²) in [6.45, 7) is 11.2. The van der Waals surface area contributed by atoms with Crippen LogP contribution < -0.4 is 10.2 Å². The number of ether oxygens (including phenoxy) is 2. The third-order valence-electron chi connectivity index (χ3n) is 5.39. The van der Waals surface area contributed by atoms with E-state index >= 15 is 0 Å². The van der Waals surface area contributed by atoms with Gasteiger partial charge in [-0.05, 0) is 57.9 Å². The van der Waals surface area contributed by atoms with E-state index in [1.54, 1.807) is 18.7 Å². The predicted octanol–water partition coefficient (Wildman–Crippen LogP) is 3.87. The highest BCUT2D eigenvalue weighted by molar-refractivity contribution is 5.79. The molecule has 0 bridgehead atoms. The number of halogens is 1. The van der Waals surface area contributed by atoms with E-state index in [0.717, 1.165) is 22.6 Å². The summed E-state index contributed by atoms with van der Waals surface area (Å²) in [5.41, 5.74) is 3.84. The van der Waals surface area contributed by atoms with Crippen LogP contribution in [0.25, 0.3) is 11.3 Å². The largest absolute Gasteiger partial charge is 0.444 e. The average Bonchev–Trinajstić information content (AvgIpc) is 2.89. The quantitative estimate of drug-likeness (QED) is 0.760. The summed E-state index contributed by atoms with van der Waals surface area (Å²) in [5, 5.41) is 7.92. The number of aryl methyl sites for hydroxylation is 2. The lowest BCUT2D eigenvalue weighted by Gasteiger charge is -2.31. The van der Waals surface area contributed by atoms with Crippen LogP contribution in [0.5, 0.6) is 0 Å². The van der Waals surface area contributed by atoms with Crippen molar-refractivity contribution in [3.63, 3.8) is 0 Å². The second kappa shape index (κ2) is 8.46. The molecule has 0 aliphatic carbocycles. The minimum absolute atomic E-state index is 0.211. The highest BCUT2D eigenvalue weighted by Gasteiger charge is 2.32. The van der Waals surface area contributed by atoms with Crippen LogP contribution in [0.1, 0.15) is 37.6 Å². The van der Waals surface area contributed by atoms with E-state index in [9.17, 15) is 9.18 Å². The van der Waals surface area contributed by atoms with E-state index < -0.39 is 5.60 Å². The van der Waals surface area contributed by atoms with Crippen LogP contribution in [0.2, 0.25) is 0 Å². The smallest absolute Gasteiger partial charge is 0.410 e. The van der Waals surface area contributed by atoms with Crippen molar-refractivity contribution >= 4 is 11.8 Å². The number of nitrogens with one attached hydrogen (secondary N) is 1. The molecule has 172 valence electrons. The molecule has 2 aliphatic heterocycles. The Labute approximate surface area is 187 Å². The molecule has 8 nitrogen and oxygen atoms in total. The van der Waals surface area contributed by atoms with Gasteiger partial charge in [0.1, 0.15) is 30.6 Å². The fourth-order valence-corrected chi connectivity index (χ4v) is 3.94. The minimum Gasteiger partial charge on any atom is -0.444 e. The number of carbonyl (C=O) groups excluding carboxylic acids is 1. The zero-order valence-electron chi connectivity index (χ0n) is 19.2. The van der Waals surface area contributed by atoms with E-state index in [4.69, 9.17) is 14.6 Å². The van der Waals surface area contributed by atoms with Crippen LogP contribution in [-0.4, -0.2) is 46.4 Å². The molecule has 1 N–H and O–H groups in total. The van der Waals surface area contributed by atoms with Gasteiger partial charge in [0.25, 0.3) is 0 Å². The van der Waals surface area contributed by atoms with Gasteiger partial charge < -0.3 is 24.6 Å². The molecule has 4 rings (SSSR count). The number of amides is 1. The molecule has 0 saturated heterocycles. The van der Waals surface area contributed by atoms with Gasteiger partial charge in [-0.1, -0.05) is 0 Å². The Bertz CT molecular complexity index is 1030. The zero-order chi connectivity index (χ0) is 23.0. The number of aromatic nitrogens is 2. The van der Waals surface area contributed by atoms with E-state index in [-0.39, 0.29) is 11.9 Å². The second-order valence-electron chi connectivity index (χ2n) is 9.16. The fourth-order valence-electron chi connectivity index (χ4n) is 3.94. The molecule has 0 radical (unpaired) electrons. The summed E-state index contributed by atoms with van der Waals surface area (Å²) >= 11 is 0. The molecule has 2 aliphatic rings. The summed E-state index contributed by atoms with van der Waals surface area (Å²) in [4.78, 5) is 16.4. The van der Waals surface area contributed by atoms with Crippen molar-refractivity contribution in [3.8, 4) is 11.3 Å². The maximum absolute atomic E-state index is 14.3. The Morgan fingerprint density at radius 1 is 1.22 bits per heavy atom. The predicted molar refractivity (Wildman–Crippen MR) is 119 cm³/mol. The number of hydrogen-bond donors (Lipinski definition) is 1. The lowest BCUT2D eigenvalue weighted by atomic mass is 10.0. The number of fused-ring (bicyclic) bond motifs is 1. The van der Waals surface area contributed by atoms with Crippen molar-refractivity contribution in [1.82, 2.24) is 20.0 Å². The number of rotatable bonds is 2. The van der Waals surface area contributed by atoms with Crippen LogP contribution in [0, 0.1) is 19.7 Å². The van der Waals surface area contributed by atoms with E-state index in [0.29, 0.717) is 44.2 Å². The number of anilines is 1. The summed E-state index contributed by atoms with van der Waals surface area (Å²) in [5.74, 6) is -0.211. The first-order chi connectivity index (χ1) is 15.1. The molecule has 0 fully saturated rings. The SMILES string of the molecule is Cc1cc(-c2nn3c(c2N2C=CNCOC2)CN(C(=O)OC(C)(C)C)CC3)cc(C)c1F. The van der Waals surface area contributed by atoms with E-state index in [1.807, 2.05) is 54.9 Å². The monoisotopic (exact) mass is 443 g/mol. The topological polar surface area (TPSA) is 71.9 Å². The Balaban J connectivity index is 1.79. The number of benzene rings is 1. The lowest BCUT2D eigenvalue weighted by molar-refractivity contribution is 0.0195. The summed E-state index contributed by atoms with van der Waals surface area (Å²) in [6, 6.07) is 3.62. The maximum Gasteiger partial charge on any atom is 0.410 e. The van der Waals surface area contributed by atoms with Crippen molar-refractivity contribution in [2.75, 3.05) is 24.9 Å². The van der Waals surface area contributed by atoms with Crippen molar-refractivity contribution in [1.29, 1.82) is 0 Å². The Morgan fingerprint density at radius 3 is 2.62 bits per heavy atom. The van der Waals surface area contributed by atoms with Gasteiger partial charge in [0, 0.05) is 24.5 Å². The fraction of sp³-hybridized carbons (Fsp3) is 0.478. The molecule has 1 aromatic heterocycles. The molecular weight excluding hydrogens is 413 g/mol. The molecular formula is C23H30FN5O3. The number of carbonyl (C=O) groups is 1. The van der Waals surface area contributed by atoms with Crippen LogP contribution >= 0.6 is 0 Å². The summed E-state index contributed by atoms with van der Waals surface area (Å²) in [7, 11) is 0. The highest BCUT2D eigenvalue weighted by Crippen LogP contribution is 2.37. The third-order valence-corrected chi connectivity index (χ3v) is 5.39. The molecule has 2 aromatic rings. The van der Waals surface area contributed by atoms with Gasteiger partial charge in [0.15, 0.2) is 0 Å². The minimum atomic E-state index is -0.570. The van der Waals surface area contributed by atoms with E-state index in [1.165, 1.54) is 0 Å². The van der Waals surface area contributed by atoms with Gasteiger partial charge in [0.05, 0.1) is 24.5 Å². The van der Waals surface area contributed by atoms with Crippen LogP contribution in [0.4, 0.5) is 14.9 Å². The van der Waals surface area contributed by atoms with Gasteiger partial charge in [0.2, 0.25) is 0 Å². The van der Waals surface area contributed by atoms with Crippen molar-refractivity contribution in [3.05, 3.63) is 47.2 Å². The maximum atomic E-state index is 14.3. The standard InChI is InChI=1S/C23H30FN5O3/c1-15-10-17(11-16(2)19(15)24)20-21(28-7-6-25-13-31-14-28)18-12-27(8-9-29(18)26-20)22(30)32-23(3,4)5/h6-7,10-11,25H,8-9,12-14H2,1-5H3. The van der Waals surface area contributed by atoms with Gasteiger partial charge in [-0.2, -0.15) is 5.10 Å². The van der Waals surface area contributed by atoms with Crippen molar-refractivity contribution in [2.45, 2.75) is 53.3 Å². The molecule has 0 saturated carbocycles. The van der Waals surface area contributed by atoms with Crippen molar-refractivity contribution in [2.24, 2.45) is 0 Å². The molecule has 9 heteroatoms. The Hall–Kier alpha value is -3.07. The number of nitrogens with zero attached hydrogens (tertiary/aromatic N) is 4. The first-order valence-electron chi connectivity index (χ1n) is 10.7. The van der Waals surface area contributed by atoms with Crippen molar-refractivity contribution < 1.29 is 18.7 Å². The van der Waals surface area contributed by atoms with Gasteiger partial charge in [-0.3, -0.25) is 4.68 Å².